The molecule has 0 aromatic heterocycles. The highest BCUT2D eigenvalue weighted by Gasteiger charge is 2.24. The Hall–Kier alpha value is -1.26. The van der Waals surface area contributed by atoms with Gasteiger partial charge in [-0.3, -0.25) is 14.9 Å². The van der Waals surface area contributed by atoms with E-state index in [9.17, 15) is 14.7 Å². The summed E-state index contributed by atoms with van der Waals surface area (Å²) in [6.45, 7) is 12.0. The number of hydrogen-bond acceptors (Lipinski definition) is 7. The lowest BCUT2D eigenvalue weighted by atomic mass is 9.98. The van der Waals surface area contributed by atoms with Gasteiger partial charge in [0.1, 0.15) is 6.23 Å². The van der Waals surface area contributed by atoms with Crippen molar-refractivity contribution in [1.29, 1.82) is 0 Å². The van der Waals surface area contributed by atoms with E-state index in [1.165, 1.54) is 0 Å². The van der Waals surface area contributed by atoms with Crippen LogP contribution in [0.4, 0.5) is 0 Å². The molecule has 0 aliphatic rings. The summed E-state index contributed by atoms with van der Waals surface area (Å²) in [5.41, 5.74) is 0. The third-order valence-electron chi connectivity index (χ3n) is 5.63. The van der Waals surface area contributed by atoms with Gasteiger partial charge in [0.05, 0.1) is 5.92 Å². The second kappa shape index (κ2) is 26.8. The fourth-order valence-corrected chi connectivity index (χ4v) is 3.35. The number of rotatable bonds is 27. The van der Waals surface area contributed by atoms with Gasteiger partial charge in [0.2, 0.25) is 11.8 Å². The van der Waals surface area contributed by atoms with Crippen LogP contribution in [-0.4, -0.2) is 82.4 Å². The Labute approximate surface area is 219 Å². The summed E-state index contributed by atoms with van der Waals surface area (Å²) in [4.78, 5) is 25.3. The molecule has 0 saturated carbocycles. The van der Waals surface area contributed by atoms with E-state index in [-0.39, 0.29) is 24.7 Å². The van der Waals surface area contributed by atoms with Crippen molar-refractivity contribution in [2.45, 2.75) is 97.6 Å². The standard InChI is InChI=1S/C27H55N3O6/c1-4-7-16-34-19-10-13-28-25(31)22-24(27(33)30-15-12-21-36-18-9-6-3)23-26(32)29-14-11-20-35-17-8-5-2/h24-25,28,31H,4-23H2,1-3H3,(H,29,32)(H,30,33). The molecule has 2 atom stereocenters. The highest BCUT2D eigenvalue weighted by Crippen LogP contribution is 2.12. The summed E-state index contributed by atoms with van der Waals surface area (Å²) < 4.78 is 16.6. The summed E-state index contributed by atoms with van der Waals surface area (Å²) in [7, 11) is 0. The molecule has 0 aliphatic heterocycles. The smallest absolute Gasteiger partial charge is 0.223 e. The van der Waals surface area contributed by atoms with Gasteiger partial charge in [-0.15, -0.1) is 0 Å². The van der Waals surface area contributed by atoms with Crippen LogP contribution >= 0.6 is 0 Å². The Morgan fingerprint density at radius 1 is 0.667 bits per heavy atom. The molecule has 0 aromatic carbocycles. The minimum Gasteiger partial charge on any atom is -0.381 e. The maximum Gasteiger partial charge on any atom is 0.223 e. The van der Waals surface area contributed by atoms with E-state index in [0.717, 1.165) is 71.2 Å². The number of carbonyl (C=O) groups excluding carboxylic acids is 2. The maximum absolute atomic E-state index is 12.8. The zero-order valence-electron chi connectivity index (χ0n) is 23.3. The van der Waals surface area contributed by atoms with Crippen molar-refractivity contribution >= 4 is 11.8 Å². The fourth-order valence-electron chi connectivity index (χ4n) is 3.35. The SMILES string of the molecule is CCCCOCCCNC(=O)CC(CC(O)NCCCOCCCC)C(=O)NCCCOCCCC. The topological polar surface area (TPSA) is 118 Å². The van der Waals surface area contributed by atoms with E-state index >= 15 is 0 Å². The lowest BCUT2D eigenvalue weighted by Crippen LogP contribution is -2.40. The van der Waals surface area contributed by atoms with Gasteiger partial charge in [0.25, 0.3) is 0 Å². The van der Waals surface area contributed by atoms with Gasteiger partial charge in [-0.25, -0.2) is 0 Å². The first-order valence-corrected chi connectivity index (χ1v) is 14.2. The van der Waals surface area contributed by atoms with Gasteiger partial charge < -0.3 is 30.0 Å². The van der Waals surface area contributed by atoms with Crippen LogP contribution in [0.1, 0.15) is 91.4 Å². The van der Waals surface area contributed by atoms with E-state index in [4.69, 9.17) is 14.2 Å². The van der Waals surface area contributed by atoms with Crippen LogP contribution in [0.5, 0.6) is 0 Å². The molecule has 0 fully saturated rings. The summed E-state index contributed by atoms with van der Waals surface area (Å²) in [5.74, 6) is -1.02. The molecule has 9 heteroatoms. The molecule has 2 unspecified atom stereocenters. The number of hydrogen-bond donors (Lipinski definition) is 4. The Balaban J connectivity index is 4.41. The normalized spacial score (nSPS) is 12.9. The maximum atomic E-state index is 12.8. The van der Waals surface area contributed by atoms with Gasteiger partial charge in [0, 0.05) is 59.2 Å². The summed E-state index contributed by atoms with van der Waals surface area (Å²) in [6.07, 6.45) is 7.97. The van der Waals surface area contributed by atoms with Crippen molar-refractivity contribution in [3.63, 3.8) is 0 Å². The van der Waals surface area contributed by atoms with Gasteiger partial charge in [-0.05, 0) is 51.5 Å². The van der Waals surface area contributed by atoms with Crippen LogP contribution in [-0.2, 0) is 23.8 Å². The lowest BCUT2D eigenvalue weighted by molar-refractivity contribution is -0.131. The molecule has 214 valence electrons. The Bertz CT molecular complexity index is 510. The monoisotopic (exact) mass is 517 g/mol. The highest BCUT2D eigenvalue weighted by atomic mass is 16.5. The fraction of sp³-hybridized carbons (Fsp3) is 0.926. The average molecular weight is 518 g/mol. The molecule has 0 rings (SSSR count). The first kappa shape index (κ1) is 34.7. The van der Waals surface area contributed by atoms with Gasteiger partial charge >= 0.3 is 0 Å². The number of nitrogens with one attached hydrogen (secondary N) is 3. The molecule has 0 aliphatic carbocycles. The van der Waals surface area contributed by atoms with Crippen molar-refractivity contribution in [3.05, 3.63) is 0 Å². The number of aliphatic hydroxyl groups is 1. The Morgan fingerprint density at radius 2 is 1.11 bits per heavy atom. The van der Waals surface area contributed by atoms with Crippen LogP contribution in [0.3, 0.4) is 0 Å². The van der Waals surface area contributed by atoms with Crippen LogP contribution in [0.25, 0.3) is 0 Å². The van der Waals surface area contributed by atoms with Crippen LogP contribution in [0, 0.1) is 5.92 Å². The van der Waals surface area contributed by atoms with Crippen LogP contribution in [0.2, 0.25) is 0 Å². The molecule has 36 heavy (non-hydrogen) atoms. The van der Waals surface area contributed by atoms with Crippen molar-refractivity contribution in [2.75, 3.05) is 59.3 Å². The van der Waals surface area contributed by atoms with Crippen molar-refractivity contribution in [1.82, 2.24) is 16.0 Å². The van der Waals surface area contributed by atoms with Crippen molar-refractivity contribution < 1.29 is 28.9 Å². The molecule has 0 spiro atoms. The second-order valence-corrected chi connectivity index (χ2v) is 9.21. The molecular formula is C27H55N3O6. The van der Waals surface area contributed by atoms with Gasteiger partial charge in [0.15, 0.2) is 0 Å². The Morgan fingerprint density at radius 3 is 1.61 bits per heavy atom. The summed E-state index contributed by atoms with van der Waals surface area (Å²) >= 11 is 0. The first-order valence-electron chi connectivity index (χ1n) is 14.2. The van der Waals surface area contributed by atoms with E-state index < -0.39 is 12.1 Å². The predicted molar refractivity (Wildman–Crippen MR) is 144 cm³/mol. The molecule has 0 radical (unpaired) electrons. The molecule has 2 amide bonds. The first-order chi connectivity index (χ1) is 17.5. The van der Waals surface area contributed by atoms with E-state index in [2.05, 4.69) is 36.7 Å². The predicted octanol–water partition coefficient (Wildman–Crippen LogP) is 3.14. The zero-order chi connectivity index (χ0) is 26.7. The number of ether oxygens (including phenoxy) is 3. The quantitative estimate of drug-likeness (QED) is 0.0976. The van der Waals surface area contributed by atoms with E-state index in [1.54, 1.807) is 0 Å². The molecule has 0 aromatic rings. The van der Waals surface area contributed by atoms with E-state index in [1.807, 2.05) is 0 Å². The molecule has 0 bridgehead atoms. The third kappa shape index (κ3) is 23.2. The van der Waals surface area contributed by atoms with Crippen molar-refractivity contribution in [3.8, 4) is 0 Å². The van der Waals surface area contributed by atoms with Crippen LogP contribution in [0.15, 0.2) is 0 Å². The highest BCUT2D eigenvalue weighted by molar-refractivity contribution is 5.85. The molecule has 0 heterocycles. The molecule has 4 N–H and O–H groups in total. The van der Waals surface area contributed by atoms with E-state index in [0.29, 0.717) is 45.9 Å². The number of carbonyl (C=O) groups is 2. The molecule has 0 saturated heterocycles. The lowest BCUT2D eigenvalue weighted by Gasteiger charge is -2.21. The van der Waals surface area contributed by atoms with Crippen molar-refractivity contribution in [2.24, 2.45) is 5.92 Å². The molecular weight excluding hydrogens is 462 g/mol. The minimum atomic E-state index is -0.867. The Kier molecular flexibility index (Phi) is 25.9. The second-order valence-electron chi connectivity index (χ2n) is 9.21. The molecule has 9 nitrogen and oxygen atoms in total. The third-order valence-corrected chi connectivity index (χ3v) is 5.63. The number of aliphatic hydroxyl groups excluding tert-OH is 1. The zero-order valence-corrected chi connectivity index (χ0v) is 23.3. The average Bonchev–Trinajstić information content (AvgIpc) is 2.86. The number of unbranched alkanes of at least 4 members (excludes halogenated alkanes) is 3. The number of amides is 2. The summed E-state index contributed by atoms with van der Waals surface area (Å²) in [6, 6.07) is 0. The van der Waals surface area contributed by atoms with Crippen LogP contribution < -0.4 is 16.0 Å². The van der Waals surface area contributed by atoms with Gasteiger partial charge in [-0.1, -0.05) is 40.0 Å². The largest absolute Gasteiger partial charge is 0.381 e. The minimum absolute atomic E-state index is 0.0361. The van der Waals surface area contributed by atoms with Gasteiger partial charge in [-0.2, -0.15) is 0 Å². The summed E-state index contributed by atoms with van der Waals surface area (Å²) in [5, 5.41) is 19.2.